The predicted molar refractivity (Wildman–Crippen MR) is 123 cm³/mol. The molecule has 0 radical (unpaired) electrons. The zero-order valence-corrected chi connectivity index (χ0v) is 18.7. The molecule has 0 aliphatic carbocycles. The van der Waals surface area contributed by atoms with Crippen LogP contribution in [0.3, 0.4) is 0 Å². The van der Waals surface area contributed by atoms with Gasteiger partial charge in [-0.3, -0.25) is 9.59 Å². The molecule has 0 spiro atoms. The maximum atomic E-state index is 13.2. The summed E-state index contributed by atoms with van der Waals surface area (Å²) in [5.41, 5.74) is 2.35. The second-order valence-corrected chi connectivity index (χ2v) is 8.02. The van der Waals surface area contributed by atoms with Gasteiger partial charge < -0.3 is 24.0 Å². The highest BCUT2D eigenvalue weighted by Gasteiger charge is 2.31. The van der Waals surface area contributed by atoms with E-state index in [1.165, 1.54) is 6.92 Å². The van der Waals surface area contributed by atoms with Crippen LogP contribution >= 0.6 is 0 Å². The number of benzene rings is 2. The molecule has 3 aromatic rings. The monoisotopic (exact) mass is 460 g/mol. The molecule has 0 saturated carbocycles. The van der Waals surface area contributed by atoms with Crippen LogP contribution in [0.4, 0.5) is 5.95 Å². The quantitative estimate of drug-likeness (QED) is 0.537. The number of rotatable bonds is 5. The molecule has 174 valence electrons. The Kier molecular flexibility index (Phi) is 5.99. The molecule has 2 aromatic carbocycles. The fourth-order valence-corrected chi connectivity index (χ4v) is 4.06. The summed E-state index contributed by atoms with van der Waals surface area (Å²) in [4.78, 5) is 37.8. The van der Waals surface area contributed by atoms with E-state index in [1.807, 2.05) is 47.4 Å². The molecular weight excluding hydrogens is 436 g/mol. The molecule has 1 amide bonds. The summed E-state index contributed by atoms with van der Waals surface area (Å²) in [6.45, 7) is 3.61. The van der Waals surface area contributed by atoms with Crippen molar-refractivity contribution in [2.24, 2.45) is 0 Å². The lowest BCUT2D eigenvalue weighted by atomic mass is 10.1. The second-order valence-electron chi connectivity index (χ2n) is 8.02. The van der Waals surface area contributed by atoms with Crippen LogP contribution in [0, 0.1) is 0 Å². The zero-order chi connectivity index (χ0) is 23.5. The third-order valence-corrected chi connectivity index (χ3v) is 5.80. The topological polar surface area (TPSA) is 94.1 Å². The van der Waals surface area contributed by atoms with Crippen LogP contribution in [0.1, 0.15) is 18.6 Å². The van der Waals surface area contributed by atoms with Gasteiger partial charge >= 0.3 is 5.97 Å². The zero-order valence-electron chi connectivity index (χ0n) is 18.7. The molecule has 0 N–H and O–H groups in total. The van der Waals surface area contributed by atoms with Crippen LogP contribution in [-0.4, -0.2) is 59.7 Å². The van der Waals surface area contributed by atoms with Gasteiger partial charge in [0.15, 0.2) is 11.5 Å². The lowest BCUT2D eigenvalue weighted by Gasteiger charge is -2.36. The van der Waals surface area contributed by atoms with Gasteiger partial charge in [0.2, 0.25) is 18.8 Å². The van der Waals surface area contributed by atoms with Crippen molar-refractivity contribution in [3.63, 3.8) is 0 Å². The first-order valence-corrected chi connectivity index (χ1v) is 11.1. The molecule has 1 unspecified atom stereocenters. The van der Waals surface area contributed by atoms with Gasteiger partial charge in [-0.15, -0.1) is 0 Å². The van der Waals surface area contributed by atoms with Crippen molar-refractivity contribution in [2.45, 2.75) is 13.0 Å². The van der Waals surface area contributed by atoms with Crippen LogP contribution in [0.25, 0.3) is 11.3 Å². The third kappa shape index (κ3) is 4.50. The molecule has 1 fully saturated rings. The lowest BCUT2D eigenvalue weighted by Crippen LogP contribution is -2.50. The van der Waals surface area contributed by atoms with E-state index in [2.05, 4.69) is 4.98 Å². The van der Waals surface area contributed by atoms with Crippen molar-refractivity contribution in [3.05, 3.63) is 66.4 Å². The highest BCUT2D eigenvalue weighted by atomic mass is 16.7. The Bertz CT molecular complexity index is 1190. The summed E-state index contributed by atoms with van der Waals surface area (Å²) < 4.78 is 16.2. The number of esters is 1. The number of amides is 1. The smallest absolute Gasteiger partial charge is 0.303 e. The van der Waals surface area contributed by atoms with Crippen LogP contribution < -0.4 is 14.4 Å². The van der Waals surface area contributed by atoms with E-state index >= 15 is 0 Å². The molecule has 0 bridgehead atoms. The molecule has 9 heteroatoms. The number of nitrogens with zero attached hydrogens (tertiary/aromatic N) is 4. The van der Waals surface area contributed by atoms with Gasteiger partial charge in [-0.25, -0.2) is 9.97 Å². The van der Waals surface area contributed by atoms with E-state index in [0.29, 0.717) is 43.4 Å². The first kappa shape index (κ1) is 21.7. The van der Waals surface area contributed by atoms with Gasteiger partial charge in [-0.05, 0) is 24.3 Å². The molecule has 1 atom stereocenters. The fraction of sp³-hybridized carbons (Fsp3) is 0.280. The Labute approximate surface area is 196 Å². The summed E-state index contributed by atoms with van der Waals surface area (Å²) in [6.07, 6.45) is 0.780. The van der Waals surface area contributed by atoms with Crippen LogP contribution in [0.5, 0.6) is 11.5 Å². The van der Waals surface area contributed by atoms with Gasteiger partial charge in [-0.2, -0.15) is 0 Å². The summed E-state index contributed by atoms with van der Waals surface area (Å²) in [6, 6.07) is 16.6. The molecule has 2 aliphatic rings. The second kappa shape index (κ2) is 9.38. The molecule has 5 rings (SSSR count). The SMILES string of the molecule is CC(=O)OC(C(=O)N1CCN(c2nccc(-c3ccc4c(c3)OCO4)n2)CC1)c1ccccc1. The van der Waals surface area contributed by atoms with Crippen molar-refractivity contribution >= 4 is 17.8 Å². The number of hydrogen-bond acceptors (Lipinski definition) is 8. The Morgan fingerprint density at radius 2 is 1.74 bits per heavy atom. The number of aromatic nitrogens is 2. The predicted octanol–water partition coefficient (Wildman–Crippen LogP) is 2.83. The molecule has 34 heavy (non-hydrogen) atoms. The Morgan fingerprint density at radius 1 is 0.971 bits per heavy atom. The maximum absolute atomic E-state index is 13.2. The van der Waals surface area contributed by atoms with Gasteiger partial charge in [-0.1, -0.05) is 30.3 Å². The maximum Gasteiger partial charge on any atom is 0.303 e. The van der Waals surface area contributed by atoms with Gasteiger partial charge in [0.25, 0.3) is 5.91 Å². The minimum Gasteiger partial charge on any atom is -0.454 e. The molecule has 3 heterocycles. The van der Waals surface area contributed by atoms with E-state index in [9.17, 15) is 9.59 Å². The third-order valence-electron chi connectivity index (χ3n) is 5.80. The minimum absolute atomic E-state index is 0.222. The number of fused-ring (bicyclic) bond motifs is 1. The van der Waals surface area contributed by atoms with Crippen molar-refractivity contribution in [2.75, 3.05) is 37.9 Å². The Balaban J connectivity index is 1.27. The number of piperazine rings is 1. The van der Waals surface area contributed by atoms with Crippen molar-refractivity contribution in [1.82, 2.24) is 14.9 Å². The highest BCUT2D eigenvalue weighted by Crippen LogP contribution is 2.35. The number of hydrogen-bond donors (Lipinski definition) is 0. The summed E-state index contributed by atoms with van der Waals surface area (Å²) >= 11 is 0. The highest BCUT2D eigenvalue weighted by molar-refractivity contribution is 5.85. The number of carbonyl (C=O) groups excluding carboxylic acids is 2. The number of anilines is 1. The van der Waals surface area contributed by atoms with Gasteiger partial charge in [0.1, 0.15) is 0 Å². The first-order chi connectivity index (χ1) is 16.6. The van der Waals surface area contributed by atoms with Crippen molar-refractivity contribution in [1.29, 1.82) is 0 Å². The summed E-state index contributed by atoms with van der Waals surface area (Å²) in [5, 5.41) is 0. The van der Waals surface area contributed by atoms with Crippen LogP contribution in [-0.2, 0) is 14.3 Å². The summed E-state index contributed by atoms with van der Waals surface area (Å²) in [5.74, 6) is 1.31. The van der Waals surface area contributed by atoms with E-state index in [4.69, 9.17) is 19.2 Å². The van der Waals surface area contributed by atoms with E-state index in [-0.39, 0.29) is 12.7 Å². The standard InChI is InChI=1S/C25H24N4O5/c1-17(30)34-23(18-5-3-2-4-6-18)24(31)28-11-13-29(14-12-28)25-26-10-9-20(27-25)19-7-8-21-22(15-19)33-16-32-21/h2-10,15,23H,11-14,16H2,1H3. The first-order valence-electron chi connectivity index (χ1n) is 11.1. The Hall–Kier alpha value is -4.14. The Morgan fingerprint density at radius 3 is 2.50 bits per heavy atom. The molecule has 2 aliphatic heterocycles. The number of carbonyl (C=O) groups is 2. The summed E-state index contributed by atoms with van der Waals surface area (Å²) in [7, 11) is 0. The van der Waals surface area contributed by atoms with Crippen LogP contribution in [0.15, 0.2) is 60.8 Å². The van der Waals surface area contributed by atoms with E-state index in [1.54, 1.807) is 23.2 Å². The lowest BCUT2D eigenvalue weighted by molar-refractivity contribution is -0.159. The van der Waals surface area contributed by atoms with E-state index < -0.39 is 12.1 Å². The average molecular weight is 460 g/mol. The van der Waals surface area contributed by atoms with Gasteiger partial charge in [0.05, 0.1) is 5.69 Å². The van der Waals surface area contributed by atoms with E-state index in [0.717, 1.165) is 17.0 Å². The molecule has 9 nitrogen and oxygen atoms in total. The minimum atomic E-state index is -0.948. The van der Waals surface area contributed by atoms with Crippen LogP contribution in [0.2, 0.25) is 0 Å². The van der Waals surface area contributed by atoms with Crippen molar-refractivity contribution < 1.29 is 23.8 Å². The normalized spacial score (nSPS) is 15.7. The van der Waals surface area contributed by atoms with Gasteiger partial charge in [0, 0.05) is 50.4 Å². The average Bonchev–Trinajstić information content (AvgIpc) is 3.35. The molecule has 1 saturated heterocycles. The molecule has 1 aromatic heterocycles. The number of ether oxygens (including phenoxy) is 3. The molecular formula is C25H24N4O5. The van der Waals surface area contributed by atoms with Crippen molar-refractivity contribution in [3.8, 4) is 22.8 Å². The largest absolute Gasteiger partial charge is 0.454 e. The fourth-order valence-electron chi connectivity index (χ4n) is 4.06.